The van der Waals surface area contributed by atoms with Crippen molar-refractivity contribution in [2.45, 2.75) is 27.3 Å². The van der Waals surface area contributed by atoms with Crippen LogP contribution >= 0.6 is 0 Å². The van der Waals surface area contributed by atoms with E-state index in [2.05, 4.69) is 26.3 Å². The van der Waals surface area contributed by atoms with Gasteiger partial charge in [0.25, 0.3) is 0 Å². The van der Waals surface area contributed by atoms with E-state index in [4.69, 9.17) is 4.74 Å². The van der Waals surface area contributed by atoms with Crippen molar-refractivity contribution in [1.82, 2.24) is 15.0 Å². The average Bonchev–Trinajstić information content (AvgIpc) is 2.64. The van der Waals surface area contributed by atoms with Crippen molar-refractivity contribution in [2.75, 3.05) is 11.9 Å². The van der Waals surface area contributed by atoms with Gasteiger partial charge in [0, 0.05) is 35.8 Å². The van der Waals surface area contributed by atoms with Crippen LogP contribution in [0.5, 0.6) is 5.75 Å². The van der Waals surface area contributed by atoms with Crippen LogP contribution in [0, 0.1) is 13.8 Å². The zero-order valence-corrected chi connectivity index (χ0v) is 14.8. The van der Waals surface area contributed by atoms with Gasteiger partial charge >= 0.3 is 0 Å². The number of hydrogen-bond acceptors (Lipinski definition) is 5. The lowest BCUT2D eigenvalue weighted by Crippen LogP contribution is -2.07. The Balaban J connectivity index is 1.82. The molecule has 0 aliphatic rings. The average molecular weight is 334 g/mol. The molecule has 3 rings (SSSR count). The Hall–Kier alpha value is -2.95. The third kappa shape index (κ3) is 4.12. The molecular weight excluding hydrogens is 312 g/mol. The van der Waals surface area contributed by atoms with Crippen LogP contribution in [-0.2, 0) is 6.54 Å². The van der Waals surface area contributed by atoms with Gasteiger partial charge in [-0.25, -0.2) is 9.97 Å². The highest BCUT2D eigenvalue weighted by Crippen LogP contribution is 2.22. The summed E-state index contributed by atoms with van der Waals surface area (Å²) < 4.78 is 5.56. The second kappa shape index (κ2) is 7.75. The maximum atomic E-state index is 5.56. The number of hydrogen-bond donors (Lipinski definition) is 1. The Labute approximate surface area is 148 Å². The van der Waals surface area contributed by atoms with Crippen LogP contribution in [0.15, 0.2) is 48.8 Å². The van der Waals surface area contributed by atoms with Crippen molar-refractivity contribution in [3.05, 3.63) is 65.6 Å². The minimum Gasteiger partial charge on any atom is -0.494 e. The highest BCUT2D eigenvalue weighted by Gasteiger charge is 2.10. The number of nitrogens with one attached hydrogen (secondary N) is 1. The standard InChI is InChI=1S/C20H22N4O/c1-4-25-18-9-5-7-16(11-18)12-22-19-14(2)15(3)23-20(24-19)17-8-6-10-21-13-17/h5-11,13H,4,12H2,1-3H3,(H,22,23,24). The molecule has 5 nitrogen and oxygen atoms in total. The summed E-state index contributed by atoms with van der Waals surface area (Å²) in [4.78, 5) is 13.4. The molecule has 0 fully saturated rings. The first kappa shape index (κ1) is 16.9. The fourth-order valence-electron chi connectivity index (χ4n) is 2.52. The maximum Gasteiger partial charge on any atom is 0.163 e. The van der Waals surface area contributed by atoms with E-state index in [9.17, 15) is 0 Å². The van der Waals surface area contributed by atoms with Gasteiger partial charge in [-0.1, -0.05) is 12.1 Å². The smallest absolute Gasteiger partial charge is 0.163 e. The molecule has 5 heteroatoms. The van der Waals surface area contributed by atoms with Gasteiger partial charge in [0.05, 0.1) is 6.61 Å². The van der Waals surface area contributed by atoms with E-state index >= 15 is 0 Å². The molecule has 0 atom stereocenters. The highest BCUT2D eigenvalue weighted by atomic mass is 16.5. The number of ether oxygens (including phenoxy) is 1. The first-order valence-corrected chi connectivity index (χ1v) is 8.38. The molecule has 0 unspecified atom stereocenters. The van der Waals surface area contributed by atoms with E-state index in [-0.39, 0.29) is 0 Å². The van der Waals surface area contributed by atoms with Gasteiger partial charge in [-0.2, -0.15) is 0 Å². The lowest BCUT2D eigenvalue weighted by atomic mass is 10.2. The Morgan fingerprint density at radius 2 is 1.96 bits per heavy atom. The maximum absolute atomic E-state index is 5.56. The summed E-state index contributed by atoms with van der Waals surface area (Å²) in [6.07, 6.45) is 3.52. The van der Waals surface area contributed by atoms with Crippen LogP contribution in [0.4, 0.5) is 5.82 Å². The van der Waals surface area contributed by atoms with E-state index in [1.165, 1.54) is 0 Å². The van der Waals surface area contributed by atoms with Crippen LogP contribution in [0.25, 0.3) is 11.4 Å². The van der Waals surface area contributed by atoms with Crippen LogP contribution in [0.2, 0.25) is 0 Å². The van der Waals surface area contributed by atoms with Crippen molar-refractivity contribution >= 4 is 5.82 Å². The summed E-state index contributed by atoms with van der Waals surface area (Å²) in [7, 11) is 0. The summed E-state index contributed by atoms with van der Waals surface area (Å²) in [5, 5.41) is 3.42. The van der Waals surface area contributed by atoms with E-state index in [1.807, 2.05) is 51.1 Å². The minimum atomic E-state index is 0.662. The Morgan fingerprint density at radius 3 is 2.72 bits per heavy atom. The highest BCUT2D eigenvalue weighted by molar-refractivity contribution is 5.58. The second-order valence-corrected chi connectivity index (χ2v) is 5.78. The Bertz CT molecular complexity index is 850. The molecule has 0 radical (unpaired) electrons. The van der Waals surface area contributed by atoms with E-state index < -0.39 is 0 Å². The largest absolute Gasteiger partial charge is 0.494 e. The summed E-state index contributed by atoms with van der Waals surface area (Å²) in [5.74, 6) is 2.41. The van der Waals surface area contributed by atoms with E-state index in [1.54, 1.807) is 12.4 Å². The van der Waals surface area contributed by atoms with E-state index in [0.717, 1.165) is 34.0 Å². The molecular formula is C20H22N4O. The quantitative estimate of drug-likeness (QED) is 0.733. The molecule has 0 aliphatic carbocycles. The number of anilines is 1. The number of aryl methyl sites for hydroxylation is 1. The fourth-order valence-corrected chi connectivity index (χ4v) is 2.52. The third-order valence-corrected chi connectivity index (χ3v) is 3.98. The molecule has 0 saturated carbocycles. The van der Waals surface area contributed by atoms with Crippen LogP contribution in [0.1, 0.15) is 23.7 Å². The predicted molar refractivity (Wildman–Crippen MR) is 99.7 cm³/mol. The fraction of sp³-hybridized carbons (Fsp3) is 0.250. The van der Waals surface area contributed by atoms with Gasteiger partial charge in [-0.15, -0.1) is 0 Å². The summed E-state index contributed by atoms with van der Waals surface area (Å²) in [6.45, 7) is 7.34. The monoisotopic (exact) mass is 334 g/mol. The van der Waals surface area contributed by atoms with Crippen molar-refractivity contribution < 1.29 is 4.74 Å². The Kier molecular flexibility index (Phi) is 5.23. The zero-order valence-electron chi connectivity index (χ0n) is 14.8. The molecule has 2 aromatic heterocycles. The molecule has 2 heterocycles. The summed E-state index contributed by atoms with van der Waals surface area (Å²) in [5.41, 5.74) is 4.06. The third-order valence-electron chi connectivity index (χ3n) is 3.98. The SMILES string of the molecule is CCOc1cccc(CNc2nc(-c3cccnc3)nc(C)c2C)c1. The molecule has 1 N–H and O–H groups in total. The summed E-state index contributed by atoms with van der Waals surface area (Å²) >= 11 is 0. The van der Waals surface area contributed by atoms with Gasteiger partial charge in [0.1, 0.15) is 11.6 Å². The van der Waals surface area contributed by atoms with Gasteiger partial charge < -0.3 is 10.1 Å². The van der Waals surface area contributed by atoms with Crippen molar-refractivity contribution in [3.8, 4) is 17.1 Å². The number of aromatic nitrogens is 3. The Morgan fingerprint density at radius 1 is 1.08 bits per heavy atom. The molecule has 0 spiro atoms. The molecule has 0 bridgehead atoms. The molecule has 128 valence electrons. The first-order valence-electron chi connectivity index (χ1n) is 8.38. The van der Waals surface area contributed by atoms with E-state index in [0.29, 0.717) is 19.0 Å². The molecule has 0 amide bonds. The van der Waals surface area contributed by atoms with Gasteiger partial charge in [-0.3, -0.25) is 4.98 Å². The van der Waals surface area contributed by atoms with Gasteiger partial charge in [0.2, 0.25) is 0 Å². The number of benzene rings is 1. The number of rotatable bonds is 6. The predicted octanol–water partition coefficient (Wildman–Crippen LogP) is 4.17. The number of nitrogens with zero attached hydrogens (tertiary/aromatic N) is 3. The minimum absolute atomic E-state index is 0.662. The summed E-state index contributed by atoms with van der Waals surface area (Å²) in [6, 6.07) is 11.9. The lowest BCUT2D eigenvalue weighted by molar-refractivity contribution is 0.340. The normalized spacial score (nSPS) is 10.5. The molecule has 0 aliphatic heterocycles. The molecule has 3 aromatic rings. The lowest BCUT2D eigenvalue weighted by Gasteiger charge is -2.13. The van der Waals surface area contributed by atoms with Crippen LogP contribution < -0.4 is 10.1 Å². The number of pyridine rings is 1. The molecule has 0 saturated heterocycles. The van der Waals surface area contributed by atoms with Crippen LogP contribution in [0.3, 0.4) is 0 Å². The van der Waals surface area contributed by atoms with Gasteiger partial charge in [-0.05, 0) is 50.6 Å². The second-order valence-electron chi connectivity index (χ2n) is 5.78. The van der Waals surface area contributed by atoms with Crippen molar-refractivity contribution in [2.24, 2.45) is 0 Å². The van der Waals surface area contributed by atoms with Crippen LogP contribution in [-0.4, -0.2) is 21.6 Å². The molecule has 25 heavy (non-hydrogen) atoms. The molecule has 1 aromatic carbocycles. The van der Waals surface area contributed by atoms with Gasteiger partial charge in [0.15, 0.2) is 5.82 Å². The first-order chi connectivity index (χ1) is 12.2. The zero-order chi connectivity index (χ0) is 17.6. The van der Waals surface area contributed by atoms with Crippen molar-refractivity contribution in [1.29, 1.82) is 0 Å². The van der Waals surface area contributed by atoms with Crippen molar-refractivity contribution in [3.63, 3.8) is 0 Å². The topological polar surface area (TPSA) is 59.9 Å².